The van der Waals surface area contributed by atoms with Crippen molar-refractivity contribution in [2.24, 2.45) is 5.41 Å². The second-order valence-electron chi connectivity index (χ2n) is 7.49. The Morgan fingerprint density at radius 1 is 0.962 bits per heavy atom. The maximum atomic E-state index is 11.9. The van der Waals surface area contributed by atoms with Crippen LogP contribution in [0.4, 0.5) is 16.2 Å². The van der Waals surface area contributed by atoms with Crippen LogP contribution in [0.3, 0.4) is 0 Å². The highest BCUT2D eigenvalue weighted by Gasteiger charge is 2.20. The minimum Gasteiger partial charge on any atom is -0.356 e. The fourth-order valence-electron chi connectivity index (χ4n) is 2.01. The van der Waals surface area contributed by atoms with E-state index in [1.807, 2.05) is 34.6 Å². The number of carbonyl (C=O) groups is 3. The molecule has 0 saturated carbocycles. The Hall–Kier alpha value is -2.57. The van der Waals surface area contributed by atoms with Crippen molar-refractivity contribution in [3.8, 4) is 0 Å². The van der Waals surface area contributed by atoms with Crippen molar-refractivity contribution < 1.29 is 14.4 Å². The molecule has 1 rings (SSSR count). The highest BCUT2D eigenvalue weighted by molar-refractivity contribution is 5.92. The zero-order valence-electron chi connectivity index (χ0n) is 16.2. The SMILES string of the molecule is CC(C)NC(=O)Nc1ccc(NC(=O)CCCNC(=O)C(C)(C)C)cc1. The number of urea groups is 1. The predicted octanol–water partition coefficient (Wildman–Crippen LogP) is 3.10. The molecular weight excluding hydrogens is 332 g/mol. The maximum Gasteiger partial charge on any atom is 0.319 e. The first-order valence-electron chi connectivity index (χ1n) is 8.83. The van der Waals surface area contributed by atoms with E-state index in [0.717, 1.165) is 0 Å². The van der Waals surface area contributed by atoms with Gasteiger partial charge in [0.15, 0.2) is 0 Å². The Kier molecular flexibility index (Phi) is 8.09. The average Bonchev–Trinajstić information content (AvgIpc) is 2.51. The lowest BCUT2D eigenvalue weighted by Crippen LogP contribution is -2.35. The van der Waals surface area contributed by atoms with E-state index in [2.05, 4.69) is 21.3 Å². The van der Waals surface area contributed by atoms with Crippen molar-refractivity contribution in [1.29, 1.82) is 0 Å². The van der Waals surface area contributed by atoms with Gasteiger partial charge < -0.3 is 21.3 Å². The third kappa shape index (κ3) is 8.50. The lowest BCUT2D eigenvalue weighted by Gasteiger charge is -2.17. The summed E-state index contributed by atoms with van der Waals surface area (Å²) in [6, 6.07) is 6.68. The summed E-state index contributed by atoms with van der Waals surface area (Å²) in [7, 11) is 0. The van der Waals surface area contributed by atoms with Gasteiger partial charge >= 0.3 is 6.03 Å². The largest absolute Gasteiger partial charge is 0.356 e. The van der Waals surface area contributed by atoms with Gasteiger partial charge in [-0.05, 0) is 44.5 Å². The second-order valence-corrected chi connectivity index (χ2v) is 7.49. The average molecular weight is 362 g/mol. The van der Waals surface area contributed by atoms with Gasteiger partial charge in [-0.1, -0.05) is 20.8 Å². The Balaban J connectivity index is 2.34. The minimum atomic E-state index is -0.426. The van der Waals surface area contributed by atoms with E-state index in [0.29, 0.717) is 30.8 Å². The van der Waals surface area contributed by atoms with Crippen LogP contribution in [-0.2, 0) is 9.59 Å². The standard InChI is InChI=1S/C19H30N4O3/c1-13(2)21-18(26)23-15-10-8-14(9-11-15)22-16(24)7-6-12-20-17(25)19(3,4)5/h8-11,13H,6-7,12H2,1-5H3,(H,20,25)(H,22,24)(H2,21,23,26). The van der Waals surface area contributed by atoms with Crippen LogP contribution >= 0.6 is 0 Å². The van der Waals surface area contributed by atoms with Gasteiger partial charge in [-0.15, -0.1) is 0 Å². The first-order valence-corrected chi connectivity index (χ1v) is 8.83. The Labute approximate surface area is 155 Å². The summed E-state index contributed by atoms with van der Waals surface area (Å²) in [6.07, 6.45) is 0.893. The molecule has 1 aromatic rings. The van der Waals surface area contributed by atoms with Crippen molar-refractivity contribution in [2.75, 3.05) is 17.2 Å². The van der Waals surface area contributed by atoms with Crippen LogP contribution in [0.1, 0.15) is 47.5 Å². The second kappa shape index (κ2) is 9.79. The van der Waals surface area contributed by atoms with E-state index >= 15 is 0 Å². The van der Waals surface area contributed by atoms with Crippen LogP contribution in [0.5, 0.6) is 0 Å². The molecule has 4 N–H and O–H groups in total. The highest BCUT2D eigenvalue weighted by atomic mass is 16.2. The molecule has 7 heteroatoms. The van der Waals surface area contributed by atoms with Crippen molar-refractivity contribution in [1.82, 2.24) is 10.6 Å². The van der Waals surface area contributed by atoms with Crippen LogP contribution in [0.25, 0.3) is 0 Å². The molecule has 0 aliphatic rings. The third-order valence-electron chi connectivity index (χ3n) is 3.39. The van der Waals surface area contributed by atoms with Crippen LogP contribution in [0, 0.1) is 5.41 Å². The van der Waals surface area contributed by atoms with E-state index in [4.69, 9.17) is 0 Å². The fraction of sp³-hybridized carbons (Fsp3) is 0.526. The van der Waals surface area contributed by atoms with Gasteiger partial charge in [0.2, 0.25) is 11.8 Å². The summed E-state index contributed by atoms with van der Waals surface area (Å²) < 4.78 is 0. The number of rotatable bonds is 7. The number of nitrogens with one attached hydrogen (secondary N) is 4. The Morgan fingerprint density at radius 3 is 2.00 bits per heavy atom. The number of benzene rings is 1. The topological polar surface area (TPSA) is 99.3 Å². The molecule has 144 valence electrons. The number of hydrogen-bond donors (Lipinski definition) is 4. The van der Waals surface area contributed by atoms with Crippen LogP contribution in [-0.4, -0.2) is 30.4 Å². The van der Waals surface area contributed by atoms with Crippen molar-refractivity contribution >= 4 is 29.2 Å². The molecule has 1 aromatic carbocycles. The quantitative estimate of drug-likeness (QED) is 0.561. The van der Waals surface area contributed by atoms with E-state index < -0.39 is 5.41 Å². The summed E-state index contributed by atoms with van der Waals surface area (Å²) in [5, 5.41) is 11.1. The molecule has 0 bridgehead atoms. The van der Waals surface area contributed by atoms with Crippen LogP contribution in [0.2, 0.25) is 0 Å². The lowest BCUT2D eigenvalue weighted by molar-refractivity contribution is -0.128. The van der Waals surface area contributed by atoms with E-state index in [-0.39, 0.29) is 23.9 Å². The summed E-state index contributed by atoms with van der Waals surface area (Å²) in [5.74, 6) is -0.143. The number of amides is 4. The molecule has 26 heavy (non-hydrogen) atoms. The van der Waals surface area contributed by atoms with Gasteiger partial charge in [-0.3, -0.25) is 9.59 Å². The van der Waals surface area contributed by atoms with Crippen LogP contribution in [0.15, 0.2) is 24.3 Å². The molecular formula is C19H30N4O3. The third-order valence-corrected chi connectivity index (χ3v) is 3.39. The van der Waals surface area contributed by atoms with Crippen molar-refractivity contribution in [3.63, 3.8) is 0 Å². The van der Waals surface area contributed by atoms with Crippen LogP contribution < -0.4 is 21.3 Å². The molecule has 0 heterocycles. The Morgan fingerprint density at radius 2 is 1.50 bits per heavy atom. The lowest BCUT2D eigenvalue weighted by atomic mass is 9.96. The predicted molar refractivity (Wildman–Crippen MR) is 104 cm³/mol. The number of carbonyl (C=O) groups excluding carboxylic acids is 3. The number of anilines is 2. The van der Waals surface area contributed by atoms with Gasteiger partial charge in [0.1, 0.15) is 0 Å². The minimum absolute atomic E-state index is 0.0255. The first-order chi connectivity index (χ1) is 12.1. The van der Waals surface area contributed by atoms with Crippen molar-refractivity contribution in [3.05, 3.63) is 24.3 Å². The molecule has 0 aliphatic carbocycles. The van der Waals surface area contributed by atoms with E-state index in [1.165, 1.54) is 0 Å². The van der Waals surface area contributed by atoms with Gasteiger partial charge in [-0.2, -0.15) is 0 Å². The molecule has 0 aromatic heterocycles. The zero-order valence-corrected chi connectivity index (χ0v) is 16.2. The molecule has 4 amide bonds. The Bertz CT molecular complexity index is 619. The molecule has 0 spiro atoms. The van der Waals surface area contributed by atoms with E-state index in [1.54, 1.807) is 24.3 Å². The van der Waals surface area contributed by atoms with E-state index in [9.17, 15) is 14.4 Å². The van der Waals surface area contributed by atoms with Crippen molar-refractivity contribution in [2.45, 2.75) is 53.5 Å². The maximum absolute atomic E-state index is 11.9. The molecule has 0 saturated heterocycles. The van der Waals surface area contributed by atoms with Gasteiger partial charge in [0.05, 0.1) is 0 Å². The summed E-state index contributed by atoms with van der Waals surface area (Å²) in [4.78, 5) is 35.3. The monoisotopic (exact) mass is 362 g/mol. The molecule has 0 fully saturated rings. The molecule has 0 aliphatic heterocycles. The molecule has 0 radical (unpaired) electrons. The van der Waals surface area contributed by atoms with Gasteiger partial charge in [0, 0.05) is 35.8 Å². The highest BCUT2D eigenvalue weighted by Crippen LogP contribution is 2.14. The van der Waals surface area contributed by atoms with Gasteiger partial charge in [-0.25, -0.2) is 4.79 Å². The first kappa shape index (κ1) is 21.5. The zero-order chi connectivity index (χ0) is 19.7. The smallest absolute Gasteiger partial charge is 0.319 e. The summed E-state index contributed by atoms with van der Waals surface area (Å²) >= 11 is 0. The molecule has 0 unspecified atom stereocenters. The summed E-state index contributed by atoms with van der Waals surface area (Å²) in [6.45, 7) is 9.77. The molecule has 0 atom stereocenters. The molecule has 7 nitrogen and oxygen atoms in total. The normalized spacial score (nSPS) is 11.0. The fourth-order valence-corrected chi connectivity index (χ4v) is 2.01. The summed E-state index contributed by atoms with van der Waals surface area (Å²) in [5.41, 5.74) is 0.874. The number of hydrogen-bond acceptors (Lipinski definition) is 3. The van der Waals surface area contributed by atoms with Gasteiger partial charge in [0.25, 0.3) is 0 Å².